The lowest BCUT2D eigenvalue weighted by Crippen LogP contribution is -2.51. The number of halogens is 3. The lowest BCUT2D eigenvalue weighted by molar-refractivity contribution is -0.137. The molecule has 1 saturated heterocycles. The SMILES string of the molecule is CC(C)OC(=O)N1CCN(C(=O)c2ccc3cc(Oc4ccc(C(F)(F)F)cn4)ccc3n2)CC1. The van der Waals surface area contributed by atoms with Crippen molar-refractivity contribution in [3.63, 3.8) is 0 Å². The van der Waals surface area contributed by atoms with Crippen LogP contribution < -0.4 is 4.74 Å². The summed E-state index contributed by atoms with van der Waals surface area (Å²) in [6, 6.07) is 10.3. The van der Waals surface area contributed by atoms with Crippen molar-refractivity contribution < 1.29 is 32.2 Å². The molecule has 4 rings (SSSR count). The predicted molar refractivity (Wildman–Crippen MR) is 120 cm³/mol. The molecule has 0 spiro atoms. The molecular weight excluding hydrogens is 465 g/mol. The number of hydrogen-bond donors (Lipinski definition) is 0. The minimum Gasteiger partial charge on any atom is -0.447 e. The second-order valence-corrected chi connectivity index (χ2v) is 8.25. The number of nitrogens with zero attached hydrogens (tertiary/aromatic N) is 4. The van der Waals surface area contributed by atoms with Crippen molar-refractivity contribution in [2.75, 3.05) is 26.2 Å². The first kappa shape index (κ1) is 24.2. The molecule has 1 aliphatic rings. The van der Waals surface area contributed by atoms with E-state index in [9.17, 15) is 22.8 Å². The number of carbonyl (C=O) groups excluding carboxylic acids is 2. The number of fused-ring (bicyclic) bond motifs is 1. The summed E-state index contributed by atoms with van der Waals surface area (Å²) >= 11 is 0. The molecule has 11 heteroatoms. The van der Waals surface area contributed by atoms with Crippen LogP contribution in [0.3, 0.4) is 0 Å². The van der Waals surface area contributed by atoms with E-state index in [-0.39, 0.29) is 29.7 Å². The van der Waals surface area contributed by atoms with Gasteiger partial charge in [-0.25, -0.2) is 14.8 Å². The largest absolute Gasteiger partial charge is 0.447 e. The van der Waals surface area contributed by atoms with Crippen molar-refractivity contribution >= 4 is 22.9 Å². The molecule has 1 aliphatic heterocycles. The Morgan fingerprint density at radius 2 is 1.69 bits per heavy atom. The van der Waals surface area contributed by atoms with Gasteiger partial charge < -0.3 is 19.3 Å². The summed E-state index contributed by atoms with van der Waals surface area (Å²) < 4.78 is 48.8. The minimum atomic E-state index is -4.47. The Morgan fingerprint density at radius 1 is 0.971 bits per heavy atom. The minimum absolute atomic E-state index is 0.0218. The van der Waals surface area contributed by atoms with E-state index in [2.05, 4.69) is 9.97 Å². The molecule has 184 valence electrons. The summed E-state index contributed by atoms with van der Waals surface area (Å²) in [7, 11) is 0. The van der Waals surface area contributed by atoms with Crippen molar-refractivity contribution in [1.29, 1.82) is 0 Å². The predicted octanol–water partition coefficient (Wildman–Crippen LogP) is 4.74. The monoisotopic (exact) mass is 488 g/mol. The molecule has 3 heterocycles. The third-order valence-electron chi connectivity index (χ3n) is 5.33. The summed E-state index contributed by atoms with van der Waals surface area (Å²) in [5.41, 5.74) is -0.0295. The van der Waals surface area contributed by atoms with E-state index in [1.165, 1.54) is 0 Å². The van der Waals surface area contributed by atoms with Crippen LogP contribution in [-0.2, 0) is 10.9 Å². The van der Waals surface area contributed by atoms with E-state index in [0.29, 0.717) is 49.0 Å². The number of amides is 2. The van der Waals surface area contributed by atoms with Gasteiger partial charge in [0, 0.05) is 43.8 Å². The normalized spacial score (nSPS) is 14.3. The van der Waals surface area contributed by atoms with Crippen LogP contribution in [0.15, 0.2) is 48.7 Å². The first-order valence-corrected chi connectivity index (χ1v) is 11.0. The molecule has 2 aromatic heterocycles. The van der Waals surface area contributed by atoms with Gasteiger partial charge in [-0.05, 0) is 44.2 Å². The molecule has 0 bridgehead atoms. The number of hydrogen-bond acceptors (Lipinski definition) is 6. The first-order valence-electron chi connectivity index (χ1n) is 11.0. The Balaban J connectivity index is 1.41. The molecule has 2 amide bonds. The van der Waals surface area contributed by atoms with Crippen LogP contribution in [0, 0.1) is 0 Å². The summed E-state index contributed by atoms with van der Waals surface area (Å²) in [6.07, 6.45) is -4.35. The Kier molecular flexibility index (Phi) is 6.77. The van der Waals surface area contributed by atoms with Crippen LogP contribution >= 0.6 is 0 Å². The smallest absolute Gasteiger partial charge is 0.417 e. The van der Waals surface area contributed by atoms with E-state index < -0.39 is 11.7 Å². The Morgan fingerprint density at radius 3 is 2.31 bits per heavy atom. The van der Waals surface area contributed by atoms with Gasteiger partial charge in [-0.2, -0.15) is 13.2 Å². The third-order valence-corrected chi connectivity index (χ3v) is 5.33. The van der Waals surface area contributed by atoms with Gasteiger partial charge in [0.1, 0.15) is 11.4 Å². The molecule has 3 aromatic rings. The van der Waals surface area contributed by atoms with Crippen molar-refractivity contribution in [3.05, 3.63) is 59.9 Å². The second kappa shape index (κ2) is 9.77. The number of pyridine rings is 2. The molecular formula is C24H23F3N4O4. The first-order chi connectivity index (χ1) is 16.6. The molecule has 0 aliphatic carbocycles. The molecule has 0 atom stereocenters. The maximum absolute atomic E-state index is 12.9. The summed E-state index contributed by atoms with van der Waals surface area (Å²) in [4.78, 5) is 36.3. The van der Waals surface area contributed by atoms with E-state index in [0.717, 1.165) is 12.1 Å². The fourth-order valence-corrected chi connectivity index (χ4v) is 3.55. The van der Waals surface area contributed by atoms with E-state index in [1.54, 1.807) is 54.0 Å². The van der Waals surface area contributed by atoms with Crippen LogP contribution in [0.4, 0.5) is 18.0 Å². The fraction of sp³-hybridized carbons (Fsp3) is 0.333. The van der Waals surface area contributed by atoms with E-state index >= 15 is 0 Å². The van der Waals surface area contributed by atoms with Gasteiger partial charge >= 0.3 is 12.3 Å². The van der Waals surface area contributed by atoms with Crippen LogP contribution in [0.5, 0.6) is 11.6 Å². The lowest BCUT2D eigenvalue weighted by Gasteiger charge is -2.34. The quantitative estimate of drug-likeness (QED) is 0.527. The average molecular weight is 488 g/mol. The highest BCUT2D eigenvalue weighted by Crippen LogP contribution is 2.30. The lowest BCUT2D eigenvalue weighted by atomic mass is 10.1. The van der Waals surface area contributed by atoms with Crippen molar-refractivity contribution in [1.82, 2.24) is 19.8 Å². The highest BCUT2D eigenvalue weighted by atomic mass is 19.4. The number of ether oxygens (including phenoxy) is 2. The average Bonchev–Trinajstić information content (AvgIpc) is 2.83. The fourth-order valence-electron chi connectivity index (χ4n) is 3.55. The number of carbonyl (C=O) groups is 2. The molecule has 35 heavy (non-hydrogen) atoms. The molecule has 0 unspecified atom stereocenters. The summed E-state index contributed by atoms with van der Waals surface area (Å²) in [5.74, 6) is 0.154. The van der Waals surface area contributed by atoms with Crippen LogP contribution in [0.2, 0.25) is 0 Å². The highest BCUT2D eigenvalue weighted by Gasteiger charge is 2.31. The summed E-state index contributed by atoms with van der Waals surface area (Å²) in [5, 5.41) is 0.687. The third kappa shape index (κ3) is 5.79. The molecule has 8 nitrogen and oxygen atoms in total. The van der Waals surface area contributed by atoms with Gasteiger partial charge in [-0.1, -0.05) is 6.07 Å². The Labute approximate surface area is 199 Å². The van der Waals surface area contributed by atoms with Gasteiger partial charge in [0.15, 0.2) is 0 Å². The molecule has 0 N–H and O–H groups in total. The van der Waals surface area contributed by atoms with Crippen LogP contribution in [-0.4, -0.2) is 64.1 Å². The number of benzene rings is 1. The van der Waals surface area contributed by atoms with Crippen molar-refractivity contribution in [2.45, 2.75) is 26.1 Å². The van der Waals surface area contributed by atoms with Crippen LogP contribution in [0.25, 0.3) is 10.9 Å². The maximum Gasteiger partial charge on any atom is 0.417 e. The molecule has 1 aromatic carbocycles. The zero-order valence-electron chi connectivity index (χ0n) is 19.1. The zero-order valence-corrected chi connectivity index (χ0v) is 19.1. The second-order valence-electron chi connectivity index (χ2n) is 8.25. The number of piperazine rings is 1. The topological polar surface area (TPSA) is 84.9 Å². The van der Waals surface area contributed by atoms with Gasteiger partial charge in [0.05, 0.1) is 17.2 Å². The Bertz CT molecular complexity index is 1220. The standard InChI is InChI=1S/C24H23F3N4O4/c1-15(2)34-23(33)31-11-9-30(10-12-31)22(32)20-6-3-16-13-18(5-7-19(16)29-20)35-21-8-4-17(14-28-21)24(25,26)27/h3-8,13-15H,9-12H2,1-2H3. The van der Waals surface area contributed by atoms with Gasteiger partial charge in [-0.15, -0.1) is 0 Å². The van der Waals surface area contributed by atoms with Crippen molar-refractivity contribution in [2.24, 2.45) is 0 Å². The number of alkyl halides is 3. The van der Waals surface area contributed by atoms with Gasteiger partial charge in [0.2, 0.25) is 5.88 Å². The highest BCUT2D eigenvalue weighted by molar-refractivity contribution is 5.95. The maximum atomic E-state index is 12.9. The van der Waals surface area contributed by atoms with Crippen LogP contribution in [0.1, 0.15) is 29.9 Å². The molecule has 0 radical (unpaired) electrons. The zero-order chi connectivity index (χ0) is 25.2. The van der Waals surface area contributed by atoms with Gasteiger partial charge in [0.25, 0.3) is 5.91 Å². The van der Waals surface area contributed by atoms with Gasteiger partial charge in [-0.3, -0.25) is 4.79 Å². The van der Waals surface area contributed by atoms with E-state index in [4.69, 9.17) is 9.47 Å². The van der Waals surface area contributed by atoms with E-state index in [1.807, 2.05) is 0 Å². The number of aromatic nitrogens is 2. The molecule has 0 saturated carbocycles. The number of rotatable bonds is 4. The van der Waals surface area contributed by atoms with Crippen molar-refractivity contribution in [3.8, 4) is 11.6 Å². The Hall–Kier alpha value is -3.89. The summed E-state index contributed by atoms with van der Waals surface area (Å²) in [6.45, 7) is 5.07. The molecule has 1 fully saturated rings.